The number of hydrogen-bond donors (Lipinski definition) is 1. The van der Waals surface area contributed by atoms with Gasteiger partial charge in [-0.05, 0) is 17.4 Å². The molecule has 72 valence electrons. The molecule has 1 nitrogen and oxygen atoms in total. The van der Waals surface area contributed by atoms with Crippen LogP contribution in [0.1, 0.15) is 26.3 Å². The van der Waals surface area contributed by atoms with Gasteiger partial charge in [0, 0.05) is 6.04 Å². The minimum atomic E-state index is 0.190. The van der Waals surface area contributed by atoms with E-state index >= 15 is 0 Å². The highest BCUT2D eigenvalue weighted by atomic mass is 14.7. The predicted molar refractivity (Wildman–Crippen MR) is 57.6 cm³/mol. The molecule has 0 aliphatic heterocycles. The molecule has 0 saturated heterocycles. The zero-order chi connectivity index (χ0) is 9.90. The Balaban J connectivity index is 2.61. The summed E-state index contributed by atoms with van der Waals surface area (Å²) in [6.45, 7) is 6.54. The lowest BCUT2D eigenvalue weighted by molar-refractivity contribution is 0.318. The van der Waals surface area contributed by atoms with Crippen LogP contribution in [-0.4, -0.2) is 6.04 Å². The highest BCUT2D eigenvalue weighted by molar-refractivity contribution is 5.16. The fraction of sp³-hybridized carbons (Fsp3) is 0.500. The van der Waals surface area contributed by atoms with Crippen LogP contribution in [0.25, 0.3) is 0 Å². The van der Waals surface area contributed by atoms with Gasteiger partial charge in [0.2, 0.25) is 0 Å². The zero-order valence-electron chi connectivity index (χ0n) is 8.75. The van der Waals surface area contributed by atoms with Crippen LogP contribution in [0.2, 0.25) is 0 Å². The first kappa shape index (κ1) is 10.3. The first-order valence-corrected chi connectivity index (χ1v) is 4.79. The van der Waals surface area contributed by atoms with Gasteiger partial charge in [0.15, 0.2) is 0 Å². The molecule has 1 atom stereocenters. The van der Waals surface area contributed by atoms with E-state index in [0.29, 0.717) is 0 Å². The minimum Gasteiger partial charge on any atom is -0.327 e. The van der Waals surface area contributed by atoms with Crippen molar-refractivity contribution in [1.29, 1.82) is 0 Å². The summed E-state index contributed by atoms with van der Waals surface area (Å²) < 4.78 is 0. The Labute approximate surface area is 81.0 Å². The molecule has 1 unspecified atom stereocenters. The van der Waals surface area contributed by atoms with Gasteiger partial charge in [0.1, 0.15) is 0 Å². The Morgan fingerprint density at radius 2 is 1.69 bits per heavy atom. The zero-order valence-corrected chi connectivity index (χ0v) is 8.75. The van der Waals surface area contributed by atoms with E-state index in [4.69, 9.17) is 5.73 Å². The van der Waals surface area contributed by atoms with E-state index in [1.807, 2.05) is 6.07 Å². The normalized spacial score (nSPS) is 14.2. The summed E-state index contributed by atoms with van der Waals surface area (Å²) in [7, 11) is 0. The van der Waals surface area contributed by atoms with E-state index in [1.54, 1.807) is 0 Å². The van der Waals surface area contributed by atoms with Crippen molar-refractivity contribution in [3.63, 3.8) is 0 Å². The van der Waals surface area contributed by atoms with Gasteiger partial charge in [0.25, 0.3) is 0 Å². The smallest absolute Gasteiger partial charge is 0.0128 e. The van der Waals surface area contributed by atoms with E-state index in [0.717, 1.165) is 6.42 Å². The van der Waals surface area contributed by atoms with Crippen LogP contribution in [0.3, 0.4) is 0 Å². The topological polar surface area (TPSA) is 26.0 Å². The highest BCUT2D eigenvalue weighted by Crippen LogP contribution is 2.20. The van der Waals surface area contributed by atoms with E-state index in [9.17, 15) is 0 Å². The van der Waals surface area contributed by atoms with Crippen LogP contribution in [0.4, 0.5) is 0 Å². The molecule has 0 saturated carbocycles. The van der Waals surface area contributed by atoms with Gasteiger partial charge in [-0.15, -0.1) is 0 Å². The molecule has 2 N–H and O–H groups in total. The summed E-state index contributed by atoms with van der Waals surface area (Å²) in [4.78, 5) is 0. The Bertz CT molecular complexity index is 246. The van der Waals surface area contributed by atoms with Gasteiger partial charge in [0.05, 0.1) is 0 Å². The van der Waals surface area contributed by atoms with Crippen LogP contribution < -0.4 is 5.73 Å². The number of rotatable bonds is 2. The van der Waals surface area contributed by atoms with E-state index in [1.165, 1.54) is 5.56 Å². The molecule has 0 heterocycles. The van der Waals surface area contributed by atoms with Gasteiger partial charge < -0.3 is 5.73 Å². The molecule has 0 spiro atoms. The third kappa shape index (κ3) is 3.19. The molecule has 1 aromatic rings. The molecule has 1 rings (SSSR count). The van der Waals surface area contributed by atoms with Crippen LogP contribution in [0.15, 0.2) is 30.3 Å². The van der Waals surface area contributed by atoms with Gasteiger partial charge in [-0.25, -0.2) is 0 Å². The average Bonchev–Trinajstić information content (AvgIpc) is 2.04. The second-order valence-electron chi connectivity index (χ2n) is 4.66. The van der Waals surface area contributed by atoms with Gasteiger partial charge in [-0.3, -0.25) is 0 Å². The number of nitrogens with two attached hydrogens (primary N) is 1. The lowest BCUT2D eigenvalue weighted by Crippen LogP contribution is -2.36. The van der Waals surface area contributed by atoms with Crippen LogP contribution in [0.5, 0.6) is 0 Å². The fourth-order valence-corrected chi connectivity index (χ4v) is 1.17. The molecule has 0 amide bonds. The lowest BCUT2D eigenvalue weighted by Gasteiger charge is -2.27. The Hall–Kier alpha value is -0.820. The SMILES string of the molecule is CC(C)(C)C(N)Cc1ccccc1. The monoisotopic (exact) mass is 177 g/mol. The summed E-state index contributed by atoms with van der Waals surface area (Å²) in [5, 5.41) is 0. The van der Waals surface area contributed by atoms with E-state index < -0.39 is 0 Å². The number of hydrogen-bond acceptors (Lipinski definition) is 1. The Kier molecular flexibility index (Phi) is 3.10. The first-order valence-electron chi connectivity index (χ1n) is 4.79. The summed E-state index contributed by atoms with van der Waals surface area (Å²) in [6, 6.07) is 10.6. The molecule has 13 heavy (non-hydrogen) atoms. The molecule has 0 bridgehead atoms. The first-order chi connectivity index (χ1) is 6.00. The summed E-state index contributed by atoms with van der Waals surface area (Å²) in [6.07, 6.45) is 0.963. The maximum atomic E-state index is 6.08. The van der Waals surface area contributed by atoms with Gasteiger partial charge in [-0.2, -0.15) is 0 Å². The standard InChI is InChI=1S/C12H19N/c1-12(2,3)11(13)9-10-7-5-4-6-8-10/h4-8,11H,9,13H2,1-3H3. The predicted octanol–water partition coefficient (Wildman–Crippen LogP) is 2.60. The van der Waals surface area contributed by atoms with E-state index in [2.05, 4.69) is 45.0 Å². The van der Waals surface area contributed by atoms with Gasteiger partial charge >= 0.3 is 0 Å². The molecule has 0 aliphatic rings. The Morgan fingerprint density at radius 3 is 2.15 bits per heavy atom. The maximum Gasteiger partial charge on any atom is 0.0128 e. The molecule has 0 radical (unpaired) electrons. The van der Waals surface area contributed by atoms with Crippen molar-refractivity contribution in [3.8, 4) is 0 Å². The molecular formula is C12H19N. The summed E-state index contributed by atoms with van der Waals surface area (Å²) >= 11 is 0. The lowest BCUT2D eigenvalue weighted by atomic mass is 9.84. The largest absolute Gasteiger partial charge is 0.327 e. The third-order valence-corrected chi connectivity index (χ3v) is 2.41. The van der Waals surface area contributed by atoms with Gasteiger partial charge in [-0.1, -0.05) is 51.1 Å². The summed E-state index contributed by atoms with van der Waals surface area (Å²) in [5.74, 6) is 0. The second-order valence-corrected chi connectivity index (χ2v) is 4.66. The maximum absolute atomic E-state index is 6.08. The van der Waals surface area contributed by atoms with Crippen molar-refractivity contribution in [1.82, 2.24) is 0 Å². The Morgan fingerprint density at radius 1 is 1.15 bits per heavy atom. The van der Waals surface area contributed by atoms with Crippen molar-refractivity contribution < 1.29 is 0 Å². The van der Waals surface area contributed by atoms with Crippen molar-refractivity contribution in [3.05, 3.63) is 35.9 Å². The molecule has 1 heteroatoms. The highest BCUT2D eigenvalue weighted by Gasteiger charge is 2.20. The van der Waals surface area contributed by atoms with Crippen molar-refractivity contribution >= 4 is 0 Å². The van der Waals surface area contributed by atoms with Crippen LogP contribution in [-0.2, 0) is 6.42 Å². The van der Waals surface area contributed by atoms with Crippen molar-refractivity contribution in [2.75, 3.05) is 0 Å². The molecular weight excluding hydrogens is 158 g/mol. The van der Waals surface area contributed by atoms with Crippen molar-refractivity contribution in [2.24, 2.45) is 11.1 Å². The average molecular weight is 177 g/mol. The molecule has 0 fully saturated rings. The van der Waals surface area contributed by atoms with E-state index in [-0.39, 0.29) is 11.5 Å². The quantitative estimate of drug-likeness (QED) is 0.738. The minimum absolute atomic E-state index is 0.190. The van der Waals surface area contributed by atoms with Crippen LogP contribution >= 0.6 is 0 Å². The molecule has 0 aliphatic carbocycles. The van der Waals surface area contributed by atoms with Crippen LogP contribution in [0, 0.1) is 5.41 Å². The van der Waals surface area contributed by atoms with Crippen molar-refractivity contribution in [2.45, 2.75) is 33.2 Å². The molecule has 1 aromatic carbocycles. The fourth-order valence-electron chi connectivity index (χ4n) is 1.17. The second kappa shape index (κ2) is 3.93. The third-order valence-electron chi connectivity index (χ3n) is 2.41. The molecule has 0 aromatic heterocycles. The summed E-state index contributed by atoms with van der Waals surface area (Å²) in [5.41, 5.74) is 7.60. The number of benzene rings is 1.